The molecule has 0 aliphatic carbocycles. The van der Waals surface area contributed by atoms with Crippen molar-refractivity contribution in [3.05, 3.63) is 70.1 Å². The fraction of sp³-hybridized carbons (Fsp3) is 0.370. The minimum Gasteiger partial charge on any atom is -0.444 e. The maximum atomic E-state index is 13.2. The minimum atomic E-state index is -3.83. The maximum absolute atomic E-state index is 13.2. The highest BCUT2D eigenvalue weighted by Crippen LogP contribution is 2.28. The fourth-order valence-electron chi connectivity index (χ4n) is 3.58. The lowest BCUT2D eigenvalue weighted by Crippen LogP contribution is -2.40. The van der Waals surface area contributed by atoms with E-state index in [0.717, 1.165) is 11.1 Å². The van der Waals surface area contributed by atoms with Crippen LogP contribution in [0.1, 0.15) is 52.7 Å². The first-order valence-electron chi connectivity index (χ1n) is 12.2. The number of aromatic nitrogens is 2. The Morgan fingerprint density at radius 3 is 2.28 bits per heavy atom. The molecule has 3 N–H and O–H groups in total. The molecule has 1 amide bonds. The minimum absolute atomic E-state index is 0.000159. The smallest absolute Gasteiger partial charge is 0.412 e. The second-order valence-electron chi connectivity index (χ2n) is 11.0. The van der Waals surface area contributed by atoms with Crippen LogP contribution in [0.5, 0.6) is 0 Å². The van der Waals surface area contributed by atoms with Gasteiger partial charge < -0.3 is 10.1 Å². The van der Waals surface area contributed by atoms with Crippen molar-refractivity contribution in [2.24, 2.45) is 0 Å². The molecule has 2 aromatic carbocycles. The van der Waals surface area contributed by atoms with Crippen molar-refractivity contribution in [2.45, 2.75) is 70.4 Å². The van der Waals surface area contributed by atoms with Crippen molar-refractivity contribution in [2.75, 3.05) is 10.6 Å². The van der Waals surface area contributed by atoms with Gasteiger partial charge in [-0.15, -0.1) is 0 Å². The molecule has 210 valence electrons. The van der Waals surface area contributed by atoms with E-state index in [-0.39, 0.29) is 21.0 Å². The molecular weight excluding hydrogens is 561 g/mol. The summed E-state index contributed by atoms with van der Waals surface area (Å²) in [6.45, 7) is 10.7. The van der Waals surface area contributed by atoms with Crippen molar-refractivity contribution in [3.8, 4) is 0 Å². The first-order valence-corrected chi connectivity index (χ1v) is 14.4. The van der Waals surface area contributed by atoms with Gasteiger partial charge in [-0.1, -0.05) is 23.7 Å². The number of rotatable bonds is 8. The molecule has 39 heavy (non-hydrogen) atoms. The molecule has 0 bridgehead atoms. The van der Waals surface area contributed by atoms with Gasteiger partial charge in [0.25, 0.3) is 0 Å². The fourth-order valence-corrected chi connectivity index (χ4v) is 5.36. The summed E-state index contributed by atoms with van der Waals surface area (Å²) < 4.78 is 34.4. The SMILES string of the molecule is CC(C)(C)NS(=O)(=O)c1cc(CCc2cccc(NC(=O)OC(C)(C)C)c2)cc(Nc2nc(Cl)ncc2Cl)c1. The number of hydrogen-bond acceptors (Lipinski definition) is 7. The summed E-state index contributed by atoms with van der Waals surface area (Å²) in [6.07, 6.45) is 1.92. The predicted molar refractivity (Wildman–Crippen MR) is 156 cm³/mol. The van der Waals surface area contributed by atoms with Crippen LogP contribution in [-0.4, -0.2) is 35.6 Å². The number of benzene rings is 2. The highest BCUT2D eigenvalue weighted by molar-refractivity contribution is 7.89. The Kier molecular flexibility index (Phi) is 9.48. The van der Waals surface area contributed by atoms with Crippen molar-refractivity contribution in [1.82, 2.24) is 14.7 Å². The van der Waals surface area contributed by atoms with Crippen LogP contribution < -0.4 is 15.4 Å². The topological polar surface area (TPSA) is 122 Å². The third-order valence-corrected chi connectivity index (χ3v) is 7.17. The van der Waals surface area contributed by atoms with Crippen molar-refractivity contribution in [3.63, 3.8) is 0 Å². The van der Waals surface area contributed by atoms with E-state index in [1.165, 1.54) is 12.3 Å². The monoisotopic (exact) mass is 593 g/mol. The van der Waals surface area contributed by atoms with Gasteiger partial charge in [0.1, 0.15) is 10.6 Å². The zero-order valence-electron chi connectivity index (χ0n) is 22.7. The summed E-state index contributed by atoms with van der Waals surface area (Å²) in [7, 11) is -3.83. The average molecular weight is 595 g/mol. The van der Waals surface area contributed by atoms with Crippen LogP contribution in [0.2, 0.25) is 10.3 Å². The number of sulfonamides is 1. The maximum Gasteiger partial charge on any atom is 0.412 e. The van der Waals surface area contributed by atoms with Gasteiger partial charge in [0, 0.05) is 16.9 Å². The number of carbonyl (C=O) groups excluding carboxylic acids is 1. The molecule has 0 unspecified atom stereocenters. The van der Waals surface area contributed by atoms with Gasteiger partial charge in [-0.2, -0.15) is 4.98 Å². The number of carbonyl (C=O) groups is 1. The van der Waals surface area contributed by atoms with Crippen molar-refractivity contribution < 1.29 is 17.9 Å². The molecule has 3 rings (SSSR count). The van der Waals surface area contributed by atoms with E-state index in [1.807, 2.05) is 24.3 Å². The van der Waals surface area contributed by atoms with Gasteiger partial charge in [-0.05, 0) is 107 Å². The Hall–Kier alpha value is -2.92. The summed E-state index contributed by atoms with van der Waals surface area (Å²) >= 11 is 12.1. The standard InChI is InChI=1S/C27H33Cl2N5O4S/c1-26(2,3)34-39(36,37)21-14-18(13-20(15-21)31-23-22(28)16-30-24(29)33-23)11-10-17-8-7-9-19(12-17)32-25(35)38-27(4,5)6/h7-9,12-16,34H,10-11H2,1-6H3,(H,32,35)(H,30,31,33). The molecule has 0 fully saturated rings. The van der Waals surface area contributed by atoms with Crippen molar-refractivity contribution in [1.29, 1.82) is 0 Å². The number of amides is 1. The summed E-state index contributed by atoms with van der Waals surface area (Å²) in [4.78, 5) is 20.2. The van der Waals surface area contributed by atoms with Gasteiger partial charge in [-0.3, -0.25) is 5.32 Å². The molecular formula is C27H33Cl2N5O4S. The van der Waals surface area contributed by atoms with Crippen LogP contribution in [-0.2, 0) is 27.6 Å². The molecule has 0 spiro atoms. The lowest BCUT2D eigenvalue weighted by atomic mass is 10.0. The van der Waals surface area contributed by atoms with Crippen LogP contribution in [0.15, 0.2) is 53.6 Å². The number of ether oxygens (including phenoxy) is 1. The summed E-state index contributed by atoms with van der Waals surface area (Å²) in [5.74, 6) is 0.252. The Morgan fingerprint density at radius 2 is 1.62 bits per heavy atom. The summed E-state index contributed by atoms with van der Waals surface area (Å²) in [6, 6.07) is 12.4. The molecule has 0 aliphatic rings. The normalized spacial score (nSPS) is 12.2. The molecule has 1 aromatic heterocycles. The number of anilines is 3. The van der Waals surface area contributed by atoms with E-state index in [9.17, 15) is 13.2 Å². The van der Waals surface area contributed by atoms with Crippen LogP contribution in [0.25, 0.3) is 0 Å². The van der Waals surface area contributed by atoms with E-state index < -0.39 is 27.3 Å². The molecule has 1 heterocycles. The molecule has 12 heteroatoms. The Bertz CT molecular complexity index is 1450. The molecule has 0 saturated heterocycles. The average Bonchev–Trinajstić information content (AvgIpc) is 2.77. The van der Waals surface area contributed by atoms with Crippen LogP contribution in [0, 0.1) is 0 Å². The lowest BCUT2D eigenvalue weighted by molar-refractivity contribution is 0.0636. The zero-order valence-corrected chi connectivity index (χ0v) is 25.1. The van der Waals surface area contributed by atoms with Crippen molar-refractivity contribution >= 4 is 56.5 Å². The molecule has 0 atom stereocenters. The molecule has 0 saturated carbocycles. The van der Waals surface area contributed by atoms with Gasteiger partial charge in [-0.25, -0.2) is 22.9 Å². The van der Waals surface area contributed by atoms with Gasteiger partial charge >= 0.3 is 6.09 Å². The lowest BCUT2D eigenvalue weighted by Gasteiger charge is -2.21. The number of nitrogens with zero attached hydrogens (tertiary/aromatic N) is 2. The second-order valence-corrected chi connectivity index (χ2v) is 13.4. The zero-order chi connectivity index (χ0) is 29.0. The highest BCUT2D eigenvalue weighted by Gasteiger charge is 2.23. The second kappa shape index (κ2) is 12.1. The van der Waals surface area contributed by atoms with E-state index in [0.29, 0.717) is 24.2 Å². The Morgan fingerprint density at radius 1 is 0.949 bits per heavy atom. The van der Waals surface area contributed by atoms with Gasteiger partial charge in [0.15, 0.2) is 5.82 Å². The molecule has 3 aromatic rings. The number of hydrogen-bond donors (Lipinski definition) is 3. The number of halogens is 2. The molecule has 0 aliphatic heterocycles. The van der Waals surface area contributed by atoms with Gasteiger partial charge in [0.05, 0.1) is 11.1 Å². The first kappa shape index (κ1) is 30.6. The van der Waals surface area contributed by atoms with E-state index >= 15 is 0 Å². The Labute approximate surface area is 239 Å². The van der Waals surface area contributed by atoms with E-state index in [1.54, 1.807) is 53.7 Å². The Balaban J connectivity index is 1.88. The molecule has 0 radical (unpaired) electrons. The first-order chi connectivity index (χ1) is 18.0. The van der Waals surface area contributed by atoms with Crippen LogP contribution >= 0.6 is 23.2 Å². The molecule has 9 nitrogen and oxygen atoms in total. The third-order valence-electron chi connectivity index (χ3n) is 4.97. The van der Waals surface area contributed by atoms with Crippen LogP contribution in [0.4, 0.5) is 22.0 Å². The summed E-state index contributed by atoms with van der Waals surface area (Å²) in [5.41, 5.74) is 1.50. The van der Waals surface area contributed by atoms with E-state index in [2.05, 4.69) is 25.3 Å². The third kappa shape index (κ3) is 9.96. The quantitative estimate of drug-likeness (QED) is 0.247. The highest BCUT2D eigenvalue weighted by atomic mass is 35.5. The largest absolute Gasteiger partial charge is 0.444 e. The van der Waals surface area contributed by atoms with Crippen LogP contribution in [0.3, 0.4) is 0 Å². The number of aryl methyl sites for hydroxylation is 2. The number of nitrogens with one attached hydrogen (secondary N) is 3. The predicted octanol–water partition coefficient (Wildman–Crippen LogP) is 6.74. The summed E-state index contributed by atoms with van der Waals surface area (Å²) in [5, 5.41) is 6.03. The van der Waals surface area contributed by atoms with E-state index in [4.69, 9.17) is 27.9 Å². The van der Waals surface area contributed by atoms with Gasteiger partial charge in [0.2, 0.25) is 15.3 Å².